The summed E-state index contributed by atoms with van der Waals surface area (Å²) in [6, 6.07) is 11.3. The number of furan rings is 1. The first-order chi connectivity index (χ1) is 8.83. The second kappa shape index (κ2) is 3.20. The standard InChI is InChI=1S/C14H8N2O2/c17-13-9-4-2-1-3-8(9)7-11-12(13)16-14-10(15-11)5-6-18-14/h1-7,17H. The maximum atomic E-state index is 10.3. The van der Waals surface area contributed by atoms with Crippen LogP contribution in [0.4, 0.5) is 0 Å². The molecular weight excluding hydrogens is 228 g/mol. The van der Waals surface area contributed by atoms with Gasteiger partial charge in [0.1, 0.15) is 11.0 Å². The molecule has 0 atom stereocenters. The topological polar surface area (TPSA) is 59.2 Å². The number of rotatable bonds is 0. The first kappa shape index (κ1) is 9.41. The molecule has 4 aromatic rings. The first-order valence-corrected chi connectivity index (χ1v) is 5.58. The Bertz CT molecular complexity index is 896. The minimum Gasteiger partial charge on any atom is -0.505 e. The number of hydrogen-bond acceptors (Lipinski definition) is 4. The number of hydrogen-bond donors (Lipinski definition) is 1. The van der Waals surface area contributed by atoms with Crippen molar-refractivity contribution in [2.75, 3.05) is 0 Å². The summed E-state index contributed by atoms with van der Waals surface area (Å²) in [5, 5.41) is 12.0. The number of nitrogens with zero attached hydrogens (tertiary/aromatic N) is 2. The van der Waals surface area contributed by atoms with Crippen molar-refractivity contribution in [2.24, 2.45) is 0 Å². The quantitative estimate of drug-likeness (QED) is 0.476. The first-order valence-electron chi connectivity index (χ1n) is 5.58. The van der Waals surface area contributed by atoms with E-state index in [1.807, 2.05) is 30.3 Å². The van der Waals surface area contributed by atoms with Gasteiger partial charge in [0.15, 0.2) is 5.75 Å². The van der Waals surface area contributed by atoms with E-state index in [0.717, 1.165) is 10.8 Å². The molecule has 0 radical (unpaired) electrons. The molecule has 2 aromatic heterocycles. The molecular formula is C14H8N2O2. The van der Waals surface area contributed by atoms with Gasteiger partial charge in [0.2, 0.25) is 5.71 Å². The van der Waals surface area contributed by atoms with Crippen LogP contribution in [0.3, 0.4) is 0 Å². The van der Waals surface area contributed by atoms with Gasteiger partial charge in [0.25, 0.3) is 0 Å². The van der Waals surface area contributed by atoms with E-state index >= 15 is 0 Å². The van der Waals surface area contributed by atoms with Crippen molar-refractivity contribution in [3.05, 3.63) is 42.7 Å². The van der Waals surface area contributed by atoms with E-state index in [2.05, 4.69) is 9.97 Å². The molecule has 4 nitrogen and oxygen atoms in total. The fourth-order valence-corrected chi connectivity index (χ4v) is 2.19. The summed E-state index contributed by atoms with van der Waals surface area (Å²) in [6.07, 6.45) is 1.54. The predicted molar refractivity (Wildman–Crippen MR) is 68.5 cm³/mol. The Morgan fingerprint density at radius 3 is 2.83 bits per heavy atom. The summed E-state index contributed by atoms with van der Waals surface area (Å²) in [4.78, 5) is 8.74. The minimum atomic E-state index is 0.147. The number of aromatic nitrogens is 2. The lowest BCUT2D eigenvalue weighted by atomic mass is 10.1. The maximum absolute atomic E-state index is 10.3. The molecule has 0 saturated carbocycles. The predicted octanol–water partition coefficient (Wildman–Crippen LogP) is 3.23. The van der Waals surface area contributed by atoms with Gasteiger partial charge in [-0.1, -0.05) is 24.3 Å². The van der Waals surface area contributed by atoms with Gasteiger partial charge in [0.05, 0.1) is 11.8 Å². The number of aromatic hydroxyl groups is 1. The van der Waals surface area contributed by atoms with E-state index < -0.39 is 0 Å². The minimum absolute atomic E-state index is 0.147. The molecule has 0 amide bonds. The van der Waals surface area contributed by atoms with E-state index in [1.54, 1.807) is 12.3 Å². The Morgan fingerprint density at radius 1 is 1.00 bits per heavy atom. The van der Waals surface area contributed by atoms with Gasteiger partial charge >= 0.3 is 0 Å². The second-order valence-electron chi connectivity index (χ2n) is 4.15. The van der Waals surface area contributed by atoms with Crippen LogP contribution in [0.1, 0.15) is 0 Å². The third-order valence-corrected chi connectivity index (χ3v) is 3.05. The second-order valence-corrected chi connectivity index (χ2v) is 4.15. The average Bonchev–Trinajstić information content (AvgIpc) is 2.84. The zero-order valence-electron chi connectivity index (χ0n) is 9.29. The number of phenols is 1. The Balaban J connectivity index is 2.28. The lowest BCUT2D eigenvalue weighted by Gasteiger charge is -2.04. The van der Waals surface area contributed by atoms with Crippen LogP contribution in [0.5, 0.6) is 5.75 Å². The lowest BCUT2D eigenvalue weighted by Crippen LogP contribution is -1.86. The zero-order valence-corrected chi connectivity index (χ0v) is 9.29. The fourth-order valence-electron chi connectivity index (χ4n) is 2.19. The molecule has 0 aliphatic carbocycles. The molecule has 0 aliphatic rings. The van der Waals surface area contributed by atoms with Crippen LogP contribution in [0.2, 0.25) is 0 Å². The van der Waals surface area contributed by atoms with Crippen molar-refractivity contribution < 1.29 is 9.52 Å². The van der Waals surface area contributed by atoms with Crippen molar-refractivity contribution in [3.8, 4) is 5.75 Å². The van der Waals surface area contributed by atoms with Crippen LogP contribution in [-0.4, -0.2) is 15.1 Å². The van der Waals surface area contributed by atoms with Crippen molar-refractivity contribution >= 4 is 33.0 Å². The molecule has 4 rings (SSSR count). The van der Waals surface area contributed by atoms with Crippen LogP contribution in [0.25, 0.3) is 33.0 Å². The van der Waals surface area contributed by atoms with E-state index in [0.29, 0.717) is 22.3 Å². The van der Waals surface area contributed by atoms with E-state index in [-0.39, 0.29) is 5.75 Å². The molecule has 1 N–H and O–H groups in total. The van der Waals surface area contributed by atoms with Gasteiger partial charge in [-0.15, -0.1) is 0 Å². The van der Waals surface area contributed by atoms with Crippen LogP contribution >= 0.6 is 0 Å². The Kier molecular flexibility index (Phi) is 1.67. The van der Waals surface area contributed by atoms with Crippen molar-refractivity contribution in [2.45, 2.75) is 0 Å². The lowest BCUT2D eigenvalue weighted by molar-refractivity contribution is 0.486. The van der Waals surface area contributed by atoms with Gasteiger partial charge in [-0.25, -0.2) is 9.97 Å². The third-order valence-electron chi connectivity index (χ3n) is 3.05. The number of phenolic OH excluding ortho intramolecular Hbond substituents is 1. The van der Waals surface area contributed by atoms with Gasteiger partial charge in [-0.05, 0) is 11.5 Å². The summed E-state index contributed by atoms with van der Waals surface area (Å²) < 4.78 is 5.21. The van der Waals surface area contributed by atoms with E-state index in [9.17, 15) is 5.11 Å². The van der Waals surface area contributed by atoms with Crippen molar-refractivity contribution in [3.63, 3.8) is 0 Å². The summed E-state index contributed by atoms with van der Waals surface area (Å²) in [6.45, 7) is 0. The highest BCUT2D eigenvalue weighted by molar-refractivity contribution is 6.03. The van der Waals surface area contributed by atoms with Crippen molar-refractivity contribution in [1.29, 1.82) is 0 Å². The van der Waals surface area contributed by atoms with Gasteiger partial charge in [0, 0.05) is 11.5 Å². The van der Waals surface area contributed by atoms with Crippen LogP contribution in [-0.2, 0) is 0 Å². The Morgan fingerprint density at radius 2 is 1.89 bits per heavy atom. The van der Waals surface area contributed by atoms with Crippen molar-refractivity contribution in [1.82, 2.24) is 9.97 Å². The molecule has 86 valence electrons. The molecule has 0 saturated heterocycles. The van der Waals surface area contributed by atoms with Gasteiger partial charge in [-0.3, -0.25) is 0 Å². The SMILES string of the molecule is Oc1c2ccccc2cc2nc3ccoc3nc12. The summed E-state index contributed by atoms with van der Waals surface area (Å²) in [5.41, 5.74) is 2.27. The van der Waals surface area contributed by atoms with Crippen LogP contribution in [0.15, 0.2) is 47.1 Å². The molecule has 0 spiro atoms. The van der Waals surface area contributed by atoms with E-state index in [4.69, 9.17) is 4.42 Å². The summed E-state index contributed by atoms with van der Waals surface area (Å²) >= 11 is 0. The number of benzene rings is 2. The highest BCUT2D eigenvalue weighted by Gasteiger charge is 2.11. The Hall–Kier alpha value is -2.62. The molecule has 0 unspecified atom stereocenters. The molecule has 18 heavy (non-hydrogen) atoms. The highest BCUT2D eigenvalue weighted by Crippen LogP contribution is 2.32. The normalized spacial score (nSPS) is 11.6. The van der Waals surface area contributed by atoms with Gasteiger partial charge in [-0.2, -0.15) is 0 Å². The average molecular weight is 236 g/mol. The molecule has 0 aliphatic heterocycles. The van der Waals surface area contributed by atoms with Crippen LogP contribution in [0, 0.1) is 0 Å². The highest BCUT2D eigenvalue weighted by atomic mass is 16.3. The number of fused-ring (bicyclic) bond motifs is 3. The van der Waals surface area contributed by atoms with Crippen LogP contribution < -0.4 is 0 Å². The molecule has 2 heterocycles. The fraction of sp³-hybridized carbons (Fsp3) is 0. The Labute approximate surface area is 102 Å². The largest absolute Gasteiger partial charge is 0.505 e. The summed E-state index contributed by atoms with van der Waals surface area (Å²) in [7, 11) is 0. The smallest absolute Gasteiger partial charge is 0.245 e. The van der Waals surface area contributed by atoms with Gasteiger partial charge < -0.3 is 9.52 Å². The third kappa shape index (κ3) is 1.14. The molecule has 4 heteroatoms. The maximum Gasteiger partial charge on any atom is 0.245 e. The zero-order chi connectivity index (χ0) is 12.1. The molecule has 0 fully saturated rings. The van der Waals surface area contributed by atoms with E-state index in [1.165, 1.54) is 0 Å². The summed E-state index contributed by atoms with van der Waals surface area (Å²) in [5.74, 6) is 0.147. The monoisotopic (exact) mass is 236 g/mol. The molecule has 0 bridgehead atoms. The molecule has 2 aromatic carbocycles.